The zero-order chi connectivity index (χ0) is 21.4. The van der Waals surface area contributed by atoms with Crippen molar-refractivity contribution in [2.24, 2.45) is 0 Å². The van der Waals surface area contributed by atoms with Crippen LogP contribution in [0, 0.1) is 0 Å². The van der Waals surface area contributed by atoms with Crippen molar-refractivity contribution in [1.82, 2.24) is 9.80 Å². The van der Waals surface area contributed by atoms with Crippen LogP contribution in [-0.4, -0.2) is 70.0 Å². The minimum absolute atomic E-state index is 0.292. The van der Waals surface area contributed by atoms with Crippen molar-refractivity contribution < 1.29 is 24.2 Å². The molecule has 2 aliphatic heterocycles. The summed E-state index contributed by atoms with van der Waals surface area (Å²) in [7, 11) is 1.35. The zero-order valence-corrected chi connectivity index (χ0v) is 17.9. The van der Waals surface area contributed by atoms with E-state index in [4.69, 9.17) is 9.47 Å². The normalized spacial score (nSPS) is 28.1. The number of nitrogens with zero attached hydrogens (tertiary/aromatic N) is 2. The largest absolute Gasteiger partial charge is 0.467 e. The smallest absolute Gasteiger partial charge is 0.411 e. The lowest BCUT2D eigenvalue weighted by atomic mass is 9.91. The minimum atomic E-state index is -1.11. The van der Waals surface area contributed by atoms with Gasteiger partial charge in [0.15, 0.2) is 5.54 Å². The van der Waals surface area contributed by atoms with E-state index >= 15 is 0 Å². The summed E-state index contributed by atoms with van der Waals surface area (Å²) in [5.74, 6) is -0.437. The number of benzene rings is 1. The summed E-state index contributed by atoms with van der Waals surface area (Å²) in [6.07, 6.45) is -0.120. The zero-order valence-electron chi connectivity index (χ0n) is 17.9. The van der Waals surface area contributed by atoms with Crippen molar-refractivity contribution in [3.63, 3.8) is 0 Å². The number of aliphatic hydroxyl groups excluding tert-OH is 1. The summed E-state index contributed by atoms with van der Waals surface area (Å²) in [5.41, 5.74) is -0.708. The molecule has 4 atom stereocenters. The van der Waals surface area contributed by atoms with Gasteiger partial charge in [0.05, 0.1) is 25.3 Å². The Balaban J connectivity index is 1.99. The van der Waals surface area contributed by atoms with E-state index in [9.17, 15) is 14.7 Å². The number of piperazine rings is 1. The average molecular weight is 405 g/mol. The molecule has 3 rings (SSSR count). The molecule has 160 valence electrons. The van der Waals surface area contributed by atoms with Crippen molar-refractivity contribution in [2.75, 3.05) is 13.7 Å². The maximum Gasteiger partial charge on any atom is 0.411 e. The molecule has 0 aliphatic carbocycles. The van der Waals surface area contributed by atoms with Gasteiger partial charge >= 0.3 is 12.1 Å². The van der Waals surface area contributed by atoms with Crippen molar-refractivity contribution in [3.05, 3.63) is 35.9 Å². The molecule has 29 heavy (non-hydrogen) atoms. The van der Waals surface area contributed by atoms with Crippen LogP contribution in [0.5, 0.6) is 0 Å². The number of aliphatic hydroxyl groups is 1. The Morgan fingerprint density at radius 1 is 1.28 bits per heavy atom. The van der Waals surface area contributed by atoms with E-state index in [1.54, 1.807) is 32.6 Å². The first-order valence-electron chi connectivity index (χ1n) is 10.2. The first-order valence-corrected chi connectivity index (χ1v) is 10.2. The molecular weight excluding hydrogens is 372 g/mol. The van der Waals surface area contributed by atoms with Crippen LogP contribution >= 0.6 is 0 Å². The van der Waals surface area contributed by atoms with Gasteiger partial charge in [-0.1, -0.05) is 30.3 Å². The molecule has 0 saturated carbocycles. The van der Waals surface area contributed by atoms with E-state index in [1.165, 1.54) is 7.11 Å². The van der Waals surface area contributed by atoms with Crippen LogP contribution in [0.1, 0.15) is 46.1 Å². The molecule has 0 radical (unpaired) electrons. The highest BCUT2D eigenvalue weighted by Gasteiger charge is 2.63. The van der Waals surface area contributed by atoms with E-state index in [2.05, 4.69) is 4.90 Å². The van der Waals surface area contributed by atoms with E-state index in [-0.39, 0.29) is 12.1 Å². The number of hydrogen-bond donors (Lipinski definition) is 1. The first kappa shape index (κ1) is 21.6. The molecule has 1 unspecified atom stereocenters. The number of ether oxygens (including phenoxy) is 2. The quantitative estimate of drug-likeness (QED) is 0.777. The van der Waals surface area contributed by atoms with Crippen LogP contribution in [0.2, 0.25) is 0 Å². The van der Waals surface area contributed by atoms with Gasteiger partial charge in [-0.2, -0.15) is 0 Å². The number of methoxy groups -OCH3 is 1. The fourth-order valence-electron chi connectivity index (χ4n) is 4.80. The molecule has 1 aromatic carbocycles. The Morgan fingerprint density at radius 3 is 2.48 bits per heavy atom. The first-order chi connectivity index (χ1) is 13.6. The van der Waals surface area contributed by atoms with Crippen LogP contribution in [0.4, 0.5) is 4.79 Å². The van der Waals surface area contributed by atoms with Crippen LogP contribution in [0.15, 0.2) is 30.3 Å². The van der Waals surface area contributed by atoms with Crippen molar-refractivity contribution >= 4 is 12.1 Å². The summed E-state index contributed by atoms with van der Waals surface area (Å²) in [5, 5.41) is 10.6. The number of carbonyl (C=O) groups excluding carboxylic acids is 2. The summed E-state index contributed by atoms with van der Waals surface area (Å²) in [6, 6.07) is 9.29. The molecule has 2 saturated heterocycles. The van der Waals surface area contributed by atoms with E-state index in [0.29, 0.717) is 25.9 Å². The third-order valence-electron chi connectivity index (χ3n) is 5.81. The maximum absolute atomic E-state index is 13.1. The second kappa shape index (κ2) is 7.95. The standard InChI is InChI=1S/C22H32N2O5/c1-15(25)18-17-11-12-22(19(26)28-5,24(17)20(27)29-21(2,3)4)14-23(18)13-16-9-7-6-8-10-16/h6-10,15,17-18,25H,11-14H2,1-5H3/t15?,17-,18+,22+/m0/s1. The lowest BCUT2D eigenvalue weighted by Gasteiger charge is -2.52. The number of carbonyl (C=O) groups is 2. The van der Waals surface area contributed by atoms with Gasteiger partial charge in [0.1, 0.15) is 5.60 Å². The summed E-state index contributed by atoms with van der Waals surface area (Å²) in [6.45, 7) is 8.01. The maximum atomic E-state index is 13.1. The van der Waals surface area contributed by atoms with Gasteiger partial charge in [-0.05, 0) is 46.1 Å². The van der Waals surface area contributed by atoms with E-state index < -0.39 is 29.3 Å². The molecule has 7 heteroatoms. The molecular formula is C22H32N2O5. The number of hydrogen-bond acceptors (Lipinski definition) is 6. The van der Waals surface area contributed by atoms with Gasteiger partial charge in [-0.15, -0.1) is 0 Å². The highest BCUT2D eigenvalue weighted by Crippen LogP contribution is 2.45. The molecule has 1 amide bonds. The molecule has 0 aromatic heterocycles. The van der Waals surface area contributed by atoms with Gasteiger partial charge in [0, 0.05) is 13.1 Å². The van der Waals surface area contributed by atoms with Crippen molar-refractivity contribution in [2.45, 2.75) is 76.4 Å². The van der Waals surface area contributed by atoms with E-state index in [0.717, 1.165) is 5.56 Å². The molecule has 1 aromatic rings. The van der Waals surface area contributed by atoms with E-state index in [1.807, 2.05) is 30.3 Å². The third kappa shape index (κ3) is 4.12. The fraction of sp³-hybridized carbons (Fsp3) is 0.636. The highest BCUT2D eigenvalue weighted by atomic mass is 16.6. The predicted molar refractivity (Wildman–Crippen MR) is 108 cm³/mol. The number of likely N-dealkylation sites (tertiary alicyclic amines) is 1. The molecule has 2 bridgehead atoms. The molecule has 7 nitrogen and oxygen atoms in total. The Labute approximate surface area is 172 Å². The van der Waals surface area contributed by atoms with Gasteiger partial charge in [-0.25, -0.2) is 9.59 Å². The SMILES string of the molecule is COC(=O)[C@@]12CC[C@@H]([C@@H](C(C)O)N(Cc3ccccc3)C1)N2C(=O)OC(C)(C)C. The fourth-order valence-corrected chi connectivity index (χ4v) is 4.80. The van der Waals surface area contributed by atoms with Crippen LogP contribution < -0.4 is 0 Å². The Bertz CT molecular complexity index is 745. The minimum Gasteiger partial charge on any atom is -0.467 e. The van der Waals surface area contributed by atoms with Crippen LogP contribution in [0.25, 0.3) is 0 Å². The number of fused-ring (bicyclic) bond motifs is 2. The van der Waals surface area contributed by atoms with Gasteiger partial charge in [0.25, 0.3) is 0 Å². The predicted octanol–water partition coefficient (Wildman–Crippen LogP) is 2.56. The summed E-state index contributed by atoms with van der Waals surface area (Å²) in [4.78, 5) is 29.7. The number of esters is 1. The van der Waals surface area contributed by atoms with Crippen LogP contribution in [0.3, 0.4) is 0 Å². The topological polar surface area (TPSA) is 79.3 Å². The van der Waals surface area contributed by atoms with Crippen molar-refractivity contribution in [3.8, 4) is 0 Å². The summed E-state index contributed by atoms with van der Waals surface area (Å²) >= 11 is 0. The van der Waals surface area contributed by atoms with Gasteiger partial charge < -0.3 is 14.6 Å². The number of rotatable bonds is 4. The van der Waals surface area contributed by atoms with Gasteiger partial charge in [0.2, 0.25) is 0 Å². The average Bonchev–Trinajstić information content (AvgIpc) is 2.92. The van der Waals surface area contributed by atoms with Crippen LogP contribution in [-0.2, 0) is 20.8 Å². The van der Waals surface area contributed by atoms with Gasteiger partial charge in [-0.3, -0.25) is 9.80 Å². The Hall–Kier alpha value is -2.12. The monoisotopic (exact) mass is 404 g/mol. The van der Waals surface area contributed by atoms with Crippen molar-refractivity contribution in [1.29, 1.82) is 0 Å². The molecule has 0 spiro atoms. The highest BCUT2D eigenvalue weighted by molar-refractivity contribution is 5.87. The Kier molecular flexibility index (Phi) is 5.92. The number of amides is 1. The Morgan fingerprint density at radius 2 is 1.93 bits per heavy atom. The lowest BCUT2D eigenvalue weighted by Crippen LogP contribution is -2.71. The second-order valence-corrected chi connectivity index (χ2v) is 9.10. The second-order valence-electron chi connectivity index (χ2n) is 9.10. The molecule has 1 N–H and O–H groups in total. The molecule has 2 aliphatic rings. The molecule has 2 heterocycles. The molecule has 2 fully saturated rings. The lowest BCUT2D eigenvalue weighted by molar-refractivity contribution is -0.163. The summed E-state index contributed by atoms with van der Waals surface area (Å²) < 4.78 is 10.8. The third-order valence-corrected chi connectivity index (χ3v) is 5.81.